The number of nitrogens with one attached hydrogen (secondary N) is 2. The van der Waals surface area contributed by atoms with E-state index in [4.69, 9.17) is 0 Å². The fourth-order valence-electron chi connectivity index (χ4n) is 2.60. The number of urea groups is 1. The Morgan fingerprint density at radius 2 is 2.00 bits per heavy atom. The van der Waals surface area contributed by atoms with E-state index in [1.807, 2.05) is 0 Å². The molecule has 0 saturated heterocycles. The quantitative estimate of drug-likeness (QED) is 0.779. The van der Waals surface area contributed by atoms with Crippen LogP contribution >= 0.6 is 0 Å². The Morgan fingerprint density at radius 1 is 1.33 bits per heavy atom. The molecule has 2 rings (SSSR count). The first-order valence-electron chi connectivity index (χ1n) is 7.23. The van der Waals surface area contributed by atoms with Crippen LogP contribution in [0.1, 0.15) is 42.6 Å². The molecule has 1 aromatic rings. The maximum atomic E-state index is 12.0. The van der Waals surface area contributed by atoms with Gasteiger partial charge in [-0.3, -0.25) is 0 Å². The topological polar surface area (TPSA) is 78.4 Å². The van der Waals surface area contributed by atoms with E-state index in [0.717, 1.165) is 12.8 Å². The van der Waals surface area contributed by atoms with Gasteiger partial charge in [-0.2, -0.15) is 0 Å². The van der Waals surface area contributed by atoms with Crippen molar-refractivity contribution in [1.29, 1.82) is 0 Å². The van der Waals surface area contributed by atoms with Crippen molar-refractivity contribution in [3.8, 4) is 0 Å². The van der Waals surface area contributed by atoms with Gasteiger partial charge in [0.1, 0.15) is 0 Å². The van der Waals surface area contributed by atoms with Gasteiger partial charge in [0.15, 0.2) is 0 Å². The van der Waals surface area contributed by atoms with Crippen LogP contribution in [0.4, 0.5) is 10.5 Å². The van der Waals surface area contributed by atoms with Crippen LogP contribution in [0.15, 0.2) is 18.2 Å². The molecule has 21 heavy (non-hydrogen) atoms. The number of carbonyl (C=O) groups is 2. The van der Waals surface area contributed by atoms with E-state index in [-0.39, 0.29) is 17.0 Å². The van der Waals surface area contributed by atoms with E-state index in [2.05, 4.69) is 24.5 Å². The number of aryl methyl sites for hydroxylation is 1. The number of rotatable bonds is 5. The largest absolute Gasteiger partial charge is 0.478 e. The van der Waals surface area contributed by atoms with Crippen LogP contribution in [-0.2, 0) is 0 Å². The lowest BCUT2D eigenvalue weighted by atomic mass is 9.92. The van der Waals surface area contributed by atoms with Gasteiger partial charge < -0.3 is 15.7 Å². The molecule has 2 amide bonds. The lowest BCUT2D eigenvalue weighted by molar-refractivity contribution is 0.0697. The van der Waals surface area contributed by atoms with Gasteiger partial charge in [-0.15, -0.1) is 0 Å². The zero-order chi connectivity index (χ0) is 15.6. The highest BCUT2D eigenvalue weighted by Gasteiger charge is 2.45. The minimum absolute atomic E-state index is 0.137. The monoisotopic (exact) mass is 290 g/mol. The third-order valence-electron chi connectivity index (χ3n) is 4.45. The van der Waals surface area contributed by atoms with E-state index in [1.54, 1.807) is 25.1 Å². The average molecular weight is 290 g/mol. The number of hydrogen-bond donors (Lipinski definition) is 3. The van der Waals surface area contributed by atoms with Crippen LogP contribution < -0.4 is 10.6 Å². The van der Waals surface area contributed by atoms with Crippen molar-refractivity contribution >= 4 is 17.7 Å². The normalized spacial score (nSPS) is 15.6. The van der Waals surface area contributed by atoms with Crippen molar-refractivity contribution in [2.45, 2.75) is 33.6 Å². The second-order valence-electron chi connectivity index (χ2n) is 6.13. The fourth-order valence-corrected chi connectivity index (χ4v) is 2.60. The minimum Gasteiger partial charge on any atom is -0.478 e. The molecule has 0 aliphatic heterocycles. The van der Waals surface area contributed by atoms with Crippen LogP contribution in [-0.4, -0.2) is 23.7 Å². The third kappa shape index (κ3) is 3.35. The number of anilines is 1. The third-order valence-corrected chi connectivity index (χ3v) is 4.45. The van der Waals surface area contributed by atoms with Crippen LogP contribution in [0.5, 0.6) is 0 Å². The standard InChI is InChI=1S/C16H22N2O3/c1-10(2)16(7-8-16)9-17-15(21)18-12-6-4-5-11(3)13(12)14(19)20/h4-6,10H,7-9H2,1-3H3,(H,19,20)(H2,17,18,21). The minimum atomic E-state index is -1.04. The lowest BCUT2D eigenvalue weighted by Crippen LogP contribution is -2.36. The van der Waals surface area contributed by atoms with Crippen LogP contribution in [0, 0.1) is 18.3 Å². The molecule has 1 fully saturated rings. The number of carbonyl (C=O) groups excluding carboxylic acids is 1. The molecule has 1 saturated carbocycles. The Labute approximate surface area is 124 Å². The van der Waals surface area contributed by atoms with E-state index in [0.29, 0.717) is 23.7 Å². The molecule has 0 unspecified atom stereocenters. The highest BCUT2D eigenvalue weighted by atomic mass is 16.4. The molecule has 5 nitrogen and oxygen atoms in total. The number of amides is 2. The summed E-state index contributed by atoms with van der Waals surface area (Å²) in [7, 11) is 0. The predicted octanol–water partition coefficient (Wildman–Crippen LogP) is 3.25. The molecule has 0 radical (unpaired) electrons. The zero-order valence-electron chi connectivity index (χ0n) is 12.7. The predicted molar refractivity (Wildman–Crippen MR) is 81.7 cm³/mol. The average Bonchev–Trinajstić information content (AvgIpc) is 3.17. The van der Waals surface area contributed by atoms with E-state index in [9.17, 15) is 14.7 Å². The molecular formula is C16H22N2O3. The van der Waals surface area contributed by atoms with Crippen LogP contribution in [0.25, 0.3) is 0 Å². The van der Waals surface area contributed by atoms with Crippen LogP contribution in [0.2, 0.25) is 0 Å². The molecule has 0 spiro atoms. The number of carboxylic acid groups (broad SMARTS) is 1. The van der Waals surface area contributed by atoms with Crippen LogP contribution in [0.3, 0.4) is 0 Å². The summed E-state index contributed by atoms with van der Waals surface area (Å²) in [5, 5.41) is 14.7. The summed E-state index contributed by atoms with van der Waals surface area (Å²) in [5.74, 6) is -0.504. The summed E-state index contributed by atoms with van der Waals surface area (Å²) < 4.78 is 0. The highest BCUT2D eigenvalue weighted by Crippen LogP contribution is 2.51. The van der Waals surface area contributed by atoms with Crippen molar-refractivity contribution in [2.75, 3.05) is 11.9 Å². The summed E-state index contributed by atoms with van der Waals surface area (Å²) in [6, 6.07) is 4.69. The molecule has 0 bridgehead atoms. The highest BCUT2D eigenvalue weighted by molar-refractivity contribution is 6.01. The van der Waals surface area contributed by atoms with Crippen molar-refractivity contribution in [2.24, 2.45) is 11.3 Å². The summed E-state index contributed by atoms with van der Waals surface area (Å²) >= 11 is 0. The smallest absolute Gasteiger partial charge is 0.338 e. The van der Waals surface area contributed by atoms with Gasteiger partial charge in [-0.05, 0) is 42.7 Å². The molecular weight excluding hydrogens is 268 g/mol. The fraction of sp³-hybridized carbons (Fsp3) is 0.500. The van der Waals surface area contributed by atoms with Crippen molar-refractivity contribution in [1.82, 2.24) is 5.32 Å². The Balaban J connectivity index is 2.01. The van der Waals surface area contributed by atoms with Crippen molar-refractivity contribution in [3.05, 3.63) is 29.3 Å². The van der Waals surface area contributed by atoms with E-state index >= 15 is 0 Å². The molecule has 114 valence electrons. The summed E-state index contributed by atoms with van der Waals surface area (Å²) in [6.45, 7) is 6.67. The van der Waals surface area contributed by atoms with Gasteiger partial charge in [-0.1, -0.05) is 26.0 Å². The molecule has 5 heteroatoms. The van der Waals surface area contributed by atoms with Gasteiger partial charge in [0, 0.05) is 6.54 Å². The maximum Gasteiger partial charge on any atom is 0.338 e. The van der Waals surface area contributed by atoms with Gasteiger partial charge in [0.2, 0.25) is 0 Å². The Kier molecular flexibility index (Phi) is 4.21. The summed E-state index contributed by atoms with van der Waals surface area (Å²) in [6.07, 6.45) is 2.27. The van der Waals surface area contributed by atoms with Gasteiger partial charge in [-0.25, -0.2) is 9.59 Å². The Morgan fingerprint density at radius 3 is 2.52 bits per heavy atom. The maximum absolute atomic E-state index is 12.0. The SMILES string of the molecule is Cc1cccc(NC(=O)NCC2(C(C)C)CC2)c1C(=O)O. The van der Waals surface area contributed by atoms with Gasteiger partial charge in [0.05, 0.1) is 11.3 Å². The van der Waals surface area contributed by atoms with E-state index < -0.39 is 5.97 Å². The second kappa shape index (κ2) is 5.76. The summed E-state index contributed by atoms with van der Waals surface area (Å²) in [5.41, 5.74) is 1.31. The van der Waals surface area contributed by atoms with Crippen molar-refractivity contribution < 1.29 is 14.7 Å². The van der Waals surface area contributed by atoms with Gasteiger partial charge in [0.25, 0.3) is 0 Å². The molecule has 1 aromatic carbocycles. The number of benzene rings is 1. The number of carboxylic acids is 1. The zero-order valence-corrected chi connectivity index (χ0v) is 12.7. The summed E-state index contributed by atoms with van der Waals surface area (Å²) in [4.78, 5) is 23.2. The first-order valence-corrected chi connectivity index (χ1v) is 7.23. The molecule has 0 heterocycles. The Bertz CT molecular complexity index is 563. The Hall–Kier alpha value is -2.04. The second-order valence-corrected chi connectivity index (χ2v) is 6.13. The molecule has 3 N–H and O–H groups in total. The van der Waals surface area contributed by atoms with Gasteiger partial charge >= 0.3 is 12.0 Å². The molecule has 1 aliphatic carbocycles. The lowest BCUT2D eigenvalue weighted by Gasteiger charge is -2.20. The molecule has 0 atom stereocenters. The van der Waals surface area contributed by atoms with Crippen molar-refractivity contribution in [3.63, 3.8) is 0 Å². The van der Waals surface area contributed by atoms with E-state index in [1.165, 1.54) is 0 Å². The number of hydrogen-bond acceptors (Lipinski definition) is 2. The number of aromatic carboxylic acids is 1. The first-order chi connectivity index (χ1) is 9.85. The first kappa shape index (κ1) is 15.4. The molecule has 1 aliphatic rings. The molecule has 0 aromatic heterocycles.